The van der Waals surface area contributed by atoms with Crippen LogP contribution in [0.15, 0.2) is 25.3 Å². The maximum atomic E-state index is 14.8. The number of hydrogen-bond donors (Lipinski definition) is 11. The van der Waals surface area contributed by atoms with Crippen molar-refractivity contribution >= 4 is 90.7 Å². The molecule has 0 aliphatic carbocycles. The standard InChI is InChI=1S/C52H84N12O18/c1-15-17-18-36(70)58-34(19-21-37(71)81-51(8,9)10)44(73)62-41(55-31(5)26-67)49(78)64(23-16-2)43(57-33(7)28-69)48(77)61-40(54-30(4)25-66)47(76)60-39(53-29(3)24-65)46(75)59-35(20-22-38(72)82-52(11,12)13)45(74)63-42(50(79)80-14)56-32(6)27-68/h15-16,24-35,39-43,53-57H,1-2,17-23H2,3-14H3,(H,58,70)(H,59,75)(H,60,76)(H,61,77)(H,62,73)(H,63,74)/t29-,30-,31-,32-,33-,34-,35-,39-,40-,41+,42-,43-/m0/s1. The number of rotatable bonds is 40. The molecular weight excluding hydrogens is 1080 g/mol. The summed E-state index contributed by atoms with van der Waals surface area (Å²) in [6.45, 7) is 22.7. The van der Waals surface area contributed by atoms with E-state index in [1.165, 1.54) is 40.7 Å². The van der Waals surface area contributed by atoms with E-state index in [4.69, 9.17) is 14.2 Å². The molecule has 30 nitrogen and oxygen atoms in total. The van der Waals surface area contributed by atoms with Gasteiger partial charge in [0.2, 0.25) is 17.7 Å². The maximum Gasteiger partial charge on any atom is 0.343 e. The molecule has 0 spiro atoms. The lowest BCUT2D eigenvalue weighted by Gasteiger charge is -2.36. The van der Waals surface area contributed by atoms with Crippen LogP contribution in [0.3, 0.4) is 0 Å². The van der Waals surface area contributed by atoms with Crippen LogP contribution in [0, 0.1) is 0 Å². The van der Waals surface area contributed by atoms with Crippen LogP contribution >= 0.6 is 0 Å². The van der Waals surface area contributed by atoms with E-state index in [1.807, 2.05) is 0 Å². The number of carbonyl (C=O) groups is 15. The molecule has 82 heavy (non-hydrogen) atoms. The molecule has 0 saturated heterocycles. The number of hydrogen-bond acceptors (Lipinski definition) is 23. The monoisotopic (exact) mass is 1160 g/mol. The second-order valence-electron chi connectivity index (χ2n) is 20.7. The molecule has 0 radical (unpaired) electrons. The summed E-state index contributed by atoms with van der Waals surface area (Å²) in [5.41, 5.74) is -1.89. The first-order chi connectivity index (χ1) is 38.2. The lowest BCUT2D eigenvalue weighted by molar-refractivity contribution is -0.156. The lowest BCUT2D eigenvalue weighted by atomic mass is 10.1. The predicted octanol–water partition coefficient (Wildman–Crippen LogP) is -3.67. The van der Waals surface area contributed by atoms with Crippen LogP contribution in [0.25, 0.3) is 0 Å². The van der Waals surface area contributed by atoms with Crippen LogP contribution in [0.2, 0.25) is 0 Å². The minimum Gasteiger partial charge on any atom is -0.466 e. The van der Waals surface area contributed by atoms with Crippen LogP contribution in [-0.4, -0.2) is 194 Å². The van der Waals surface area contributed by atoms with Gasteiger partial charge in [-0.3, -0.25) is 69.7 Å². The number of allylic oxidation sites excluding steroid dienone is 1. The van der Waals surface area contributed by atoms with Crippen molar-refractivity contribution in [2.45, 2.75) is 199 Å². The Kier molecular flexibility index (Phi) is 33.9. The van der Waals surface area contributed by atoms with E-state index in [2.05, 4.69) is 71.6 Å². The number of nitrogens with zero attached hydrogens (tertiary/aromatic N) is 1. The molecule has 0 aliphatic heterocycles. The first kappa shape index (κ1) is 74.3. The highest BCUT2D eigenvalue weighted by Gasteiger charge is 2.40. The highest BCUT2D eigenvalue weighted by molar-refractivity contribution is 5.98. The van der Waals surface area contributed by atoms with E-state index < -0.39 is 163 Å². The largest absolute Gasteiger partial charge is 0.466 e. The fourth-order valence-electron chi connectivity index (χ4n) is 6.79. The van der Waals surface area contributed by atoms with E-state index in [1.54, 1.807) is 41.5 Å². The van der Waals surface area contributed by atoms with Crippen LogP contribution in [0.1, 0.15) is 115 Å². The molecule has 460 valence electrons. The number of aldehydes is 5. The van der Waals surface area contributed by atoms with Crippen LogP contribution in [0.4, 0.5) is 0 Å². The van der Waals surface area contributed by atoms with Gasteiger partial charge in [0.25, 0.3) is 23.6 Å². The zero-order valence-corrected chi connectivity index (χ0v) is 48.6. The van der Waals surface area contributed by atoms with E-state index in [0.717, 1.165) is 18.1 Å². The third-order valence-corrected chi connectivity index (χ3v) is 10.7. The molecule has 30 heteroatoms. The Morgan fingerprint density at radius 3 is 1.23 bits per heavy atom. The minimum atomic E-state index is -2.06. The highest BCUT2D eigenvalue weighted by atomic mass is 16.6. The predicted molar refractivity (Wildman–Crippen MR) is 292 cm³/mol. The zero-order chi connectivity index (χ0) is 63.1. The van der Waals surface area contributed by atoms with Crippen molar-refractivity contribution in [3.8, 4) is 0 Å². The van der Waals surface area contributed by atoms with Gasteiger partial charge in [0, 0.05) is 25.8 Å². The molecule has 0 aromatic heterocycles. The van der Waals surface area contributed by atoms with Gasteiger partial charge in [0.05, 0.1) is 37.3 Å². The van der Waals surface area contributed by atoms with Gasteiger partial charge in [0.1, 0.15) is 54.7 Å². The van der Waals surface area contributed by atoms with Gasteiger partial charge in [-0.1, -0.05) is 12.2 Å². The van der Waals surface area contributed by atoms with Crippen molar-refractivity contribution in [2.24, 2.45) is 0 Å². The van der Waals surface area contributed by atoms with Crippen molar-refractivity contribution in [3.63, 3.8) is 0 Å². The summed E-state index contributed by atoms with van der Waals surface area (Å²) in [5, 5.41) is 26.9. The summed E-state index contributed by atoms with van der Waals surface area (Å²) in [4.78, 5) is 197. The number of esters is 3. The maximum absolute atomic E-state index is 14.8. The molecule has 7 amide bonds. The van der Waals surface area contributed by atoms with Gasteiger partial charge in [0.15, 0.2) is 30.8 Å². The Balaban J connectivity index is 7.56. The minimum absolute atomic E-state index is 0.117. The molecular formula is C52H84N12O18. The Hall–Kier alpha value is -7.67. The highest BCUT2D eigenvalue weighted by Crippen LogP contribution is 2.13. The van der Waals surface area contributed by atoms with Crippen molar-refractivity contribution in [2.75, 3.05) is 13.7 Å². The normalized spacial score (nSPS) is 15.7. The van der Waals surface area contributed by atoms with E-state index in [0.29, 0.717) is 31.4 Å². The average Bonchev–Trinajstić information content (AvgIpc) is 3.42. The Bertz CT molecular complexity index is 2250. The topological polar surface area (TPSA) is 419 Å². The number of amides is 7. The summed E-state index contributed by atoms with van der Waals surface area (Å²) in [5.74, 6) is -10.5. The number of ether oxygens (including phenoxy) is 3. The molecule has 0 aliphatic rings. The molecule has 11 N–H and O–H groups in total. The van der Waals surface area contributed by atoms with Crippen molar-refractivity contribution in [3.05, 3.63) is 25.3 Å². The average molecular weight is 1170 g/mol. The second kappa shape index (κ2) is 37.4. The van der Waals surface area contributed by atoms with E-state index in [-0.39, 0.29) is 25.7 Å². The van der Waals surface area contributed by atoms with Gasteiger partial charge in [-0.15, -0.1) is 13.2 Å². The quantitative estimate of drug-likeness (QED) is 0.00926. The number of carbonyl (C=O) groups excluding carboxylic acids is 15. The summed E-state index contributed by atoms with van der Waals surface area (Å²) >= 11 is 0. The molecule has 0 unspecified atom stereocenters. The zero-order valence-electron chi connectivity index (χ0n) is 48.6. The lowest BCUT2D eigenvalue weighted by Crippen LogP contribution is -2.69. The molecule has 0 aromatic rings. The summed E-state index contributed by atoms with van der Waals surface area (Å²) in [6, 6.07) is -9.22. The van der Waals surface area contributed by atoms with Gasteiger partial charge in [-0.2, -0.15) is 0 Å². The van der Waals surface area contributed by atoms with Crippen molar-refractivity contribution in [1.29, 1.82) is 0 Å². The summed E-state index contributed by atoms with van der Waals surface area (Å²) in [6.07, 6.45) is -7.00. The molecule has 12 atom stereocenters. The Labute approximate surface area is 477 Å². The number of nitrogens with one attached hydrogen (secondary N) is 11. The third kappa shape index (κ3) is 29.7. The third-order valence-electron chi connectivity index (χ3n) is 10.7. The van der Waals surface area contributed by atoms with E-state index in [9.17, 15) is 71.9 Å². The van der Waals surface area contributed by atoms with Crippen molar-refractivity contribution < 1.29 is 86.1 Å². The summed E-state index contributed by atoms with van der Waals surface area (Å²) < 4.78 is 15.4. The second-order valence-corrected chi connectivity index (χ2v) is 20.7. The van der Waals surface area contributed by atoms with Crippen molar-refractivity contribution in [1.82, 2.24) is 63.4 Å². The molecule has 0 saturated carbocycles. The molecule has 0 bridgehead atoms. The van der Waals surface area contributed by atoms with Gasteiger partial charge in [-0.25, -0.2) is 4.79 Å². The van der Waals surface area contributed by atoms with Gasteiger partial charge >= 0.3 is 17.9 Å². The smallest absolute Gasteiger partial charge is 0.343 e. The van der Waals surface area contributed by atoms with Crippen LogP contribution in [0.5, 0.6) is 0 Å². The Morgan fingerprint density at radius 2 is 0.829 bits per heavy atom. The van der Waals surface area contributed by atoms with Crippen LogP contribution in [-0.2, 0) is 86.1 Å². The molecule has 0 fully saturated rings. The fourth-order valence-corrected chi connectivity index (χ4v) is 6.79. The summed E-state index contributed by atoms with van der Waals surface area (Å²) in [7, 11) is 0.990. The molecule has 0 aromatic carbocycles. The van der Waals surface area contributed by atoms with E-state index >= 15 is 0 Å². The van der Waals surface area contributed by atoms with Crippen LogP contribution < -0.4 is 58.5 Å². The Morgan fingerprint density at radius 1 is 0.463 bits per heavy atom. The van der Waals surface area contributed by atoms with Gasteiger partial charge in [-0.05, 0) is 95.4 Å². The molecule has 0 heterocycles. The SMILES string of the molecule is C=CCCC(=O)N[C@@H](CCC(=O)OC(C)(C)C)C(=O)N[C@@H](N[C@@H](C)C=O)C(=O)N(CC=C)[C@H](N[C@@H](C)C=O)C(=O)N[C@H](N[C@@H](C)C=O)C(=O)N[C@H](N[C@@H](C)C=O)C(=O)N[C@@H](CCC(=O)OC(C)(C)C)C(=O)N[C@H](N[C@@H](C)C=O)C(=O)OC. The fraction of sp³-hybridized carbons (Fsp3) is 0.635. The molecule has 0 rings (SSSR count). The van der Waals surface area contributed by atoms with Gasteiger partial charge < -0.3 is 75.0 Å². The first-order valence-electron chi connectivity index (χ1n) is 26.1. The first-order valence-corrected chi connectivity index (χ1v) is 26.1. The number of methoxy groups -OCH3 is 1.